The Bertz CT molecular complexity index is 376. The van der Waals surface area contributed by atoms with Gasteiger partial charge in [-0.25, -0.2) is 0 Å². The zero-order chi connectivity index (χ0) is 22.6. The Labute approximate surface area is 193 Å². The van der Waals surface area contributed by atoms with Crippen LogP contribution < -0.4 is 0 Å². The van der Waals surface area contributed by atoms with Gasteiger partial charge >= 0.3 is 0 Å². The summed E-state index contributed by atoms with van der Waals surface area (Å²) in [5.74, 6) is 0.591. The van der Waals surface area contributed by atoms with E-state index in [9.17, 15) is 10.2 Å². The van der Waals surface area contributed by atoms with Gasteiger partial charge < -0.3 is 19.7 Å². The molecule has 4 nitrogen and oxygen atoms in total. The van der Waals surface area contributed by atoms with Gasteiger partial charge in [0.05, 0.1) is 19.3 Å². The van der Waals surface area contributed by atoms with Crippen molar-refractivity contribution in [2.75, 3.05) is 13.2 Å². The highest BCUT2D eigenvalue weighted by molar-refractivity contribution is 4.74. The lowest BCUT2D eigenvalue weighted by Gasteiger charge is -2.31. The molecule has 4 unspecified atom stereocenters. The Hall–Kier alpha value is -0.160. The molecule has 1 heterocycles. The lowest BCUT2D eigenvalue weighted by Crippen LogP contribution is -2.42. The second-order valence-electron chi connectivity index (χ2n) is 9.86. The first kappa shape index (κ1) is 28.9. The Morgan fingerprint density at radius 1 is 0.677 bits per heavy atom. The third kappa shape index (κ3) is 16.2. The second-order valence-corrected chi connectivity index (χ2v) is 9.86. The summed E-state index contributed by atoms with van der Waals surface area (Å²) < 4.78 is 11.6. The van der Waals surface area contributed by atoms with E-state index in [4.69, 9.17) is 9.47 Å². The van der Waals surface area contributed by atoms with E-state index < -0.39 is 12.2 Å². The van der Waals surface area contributed by atoms with Crippen LogP contribution >= 0.6 is 0 Å². The number of aliphatic hydroxyl groups excluding tert-OH is 2. The van der Waals surface area contributed by atoms with Gasteiger partial charge in [0, 0.05) is 6.42 Å². The molecule has 2 N–H and O–H groups in total. The monoisotopic (exact) mass is 442 g/mol. The van der Waals surface area contributed by atoms with Crippen molar-refractivity contribution < 1.29 is 19.7 Å². The van der Waals surface area contributed by atoms with Crippen LogP contribution in [0.15, 0.2) is 0 Å². The minimum absolute atomic E-state index is 0.173. The molecule has 1 aliphatic heterocycles. The van der Waals surface area contributed by atoms with Gasteiger partial charge in [0.2, 0.25) is 0 Å². The minimum atomic E-state index is -0.773. The SMILES string of the molecule is CCCCCCCCCCCCC(CCCCCCCC)COC1CC(O)C(O)CO1. The van der Waals surface area contributed by atoms with Gasteiger partial charge in [-0.3, -0.25) is 0 Å². The fourth-order valence-electron chi connectivity index (χ4n) is 4.54. The Morgan fingerprint density at radius 3 is 1.58 bits per heavy atom. The van der Waals surface area contributed by atoms with Crippen LogP contribution in [-0.2, 0) is 9.47 Å². The maximum atomic E-state index is 9.85. The van der Waals surface area contributed by atoms with Crippen LogP contribution in [0, 0.1) is 5.92 Å². The summed E-state index contributed by atoms with van der Waals surface area (Å²) in [7, 11) is 0. The van der Waals surface area contributed by atoms with E-state index in [1.165, 1.54) is 116 Å². The summed E-state index contributed by atoms with van der Waals surface area (Å²) in [6.45, 7) is 5.44. The average molecular weight is 443 g/mol. The van der Waals surface area contributed by atoms with Gasteiger partial charge in [0.1, 0.15) is 6.10 Å². The van der Waals surface area contributed by atoms with E-state index in [2.05, 4.69) is 13.8 Å². The molecule has 1 rings (SSSR count). The molecule has 1 aliphatic rings. The molecule has 0 amide bonds. The summed E-state index contributed by atoms with van der Waals surface area (Å²) in [5.41, 5.74) is 0. The number of hydrogen-bond donors (Lipinski definition) is 2. The van der Waals surface area contributed by atoms with Crippen molar-refractivity contribution >= 4 is 0 Å². The van der Waals surface area contributed by atoms with Crippen LogP contribution in [0.1, 0.15) is 136 Å². The molecule has 1 saturated heterocycles. The quantitative estimate of drug-likeness (QED) is 0.185. The van der Waals surface area contributed by atoms with E-state index in [-0.39, 0.29) is 12.9 Å². The largest absolute Gasteiger partial charge is 0.390 e. The Balaban J connectivity index is 2.17. The molecule has 0 bridgehead atoms. The molecule has 0 aliphatic carbocycles. The summed E-state index contributed by atoms with van der Waals surface area (Å²) in [6, 6.07) is 0. The summed E-state index contributed by atoms with van der Waals surface area (Å²) in [6.07, 6.45) is 22.8. The molecule has 186 valence electrons. The highest BCUT2D eigenvalue weighted by atomic mass is 16.7. The molecule has 0 aromatic carbocycles. The van der Waals surface area contributed by atoms with Crippen molar-refractivity contribution in [2.24, 2.45) is 5.92 Å². The standard InChI is InChI=1S/C27H54O4/c1-3-5-7-9-11-12-13-14-16-18-20-24(19-17-15-10-8-6-4-2)22-30-27-21-25(28)26(29)23-31-27/h24-29H,3-23H2,1-2H3. The average Bonchev–Trinajstić information content (AvgIpc) is 2.77. The molecule has 31 heavy (non-hydrogen) atoms. The first-order valence-electron chi connectivity index (χ1n) is 13.8. The Kier molecular flexibility index (Phi) is 19.0. The van der Waals surface area contributed by atoms with Crippen molar-refractivity contribution in [3.8, 4) is 0 Å². The van der Waals surface area contributed by atoms with Crippen LogP contribution in [0.25, 0.3) is 0 Å². The van der Waals surface area contributed by atoms with Gasteiger partial charge in [-0.2, -0.15) is 0 Å². The second kappa shape index (κ2) is 20.4. The van der Waals surface area contributed by atoms with Crippen LogP contribution in [0.4, 0.5) is 0 Å². The maximum absolute atomic E-state index is 9.85. The third-order valence-electron chi connectivity index (χ3n) is 6.78. The van der Waals surface area contributed by atoms with Crippen LogP contribution in [0.5, 0.6) is 0 Å². The normalized spacial score (nSPS) is 22.6. The molecule has 0 radical (unpaired) electrons. The van der Waals surface area contributed by atoms with E-state index in [0.717, 1.165) is 6.61 Å². The van der Waals surface area contributed by atoms with Gasteiger partial charge in [0.25, 0.3) is 0 Å². The van der Waals surface area contributed by atoms with E-state index in [1.54, 1.807) is 0 Å². The summed E-state index contributed by atoms with van der Waals surface area (Å²) in [5, 5.41) is 19.5. The van der Waals surface area contributed by atoms with Crippen LogP contribution in [0.3, 0.4) is 0 Å². The maximum Gasteiger partial charge on any atom is 0.160 e. The summed E-state index contributed by atoms with van der Waals surface area (Å²) >= 11 is 0. The van der Waals surface area contributed by atoms with Crippen LogP contribution in [-0.4, -0.2) is 41.9 Å². The first-order valence-corrected chi connectivity index (χ1v) is 13.8. The Morgan fingerprint density at radius 2 is 1.13 bits per heavy atom. The fourth-order valence-corrected chi connectivity index (χ4v) is 4.54. The first-order chi connectivity index (χ1) is 15.2. The van der Waals surface area contributed by atoms with Gasteiger partial charge in [0.15, 0.2) is 6.29 Å². The van der Waals surface area contributed by atoms with Crippen molar-refractivity contribution in [2.45, 2.75) is 154 Å². The van der Waals surface area contributed by atoms with Crippen LogP contribution in [0.2, 0.25) is 0 Å². The van der Waals surface area contributed by atoms with Gasteiger partial charge in [-0.05, 0) is 18.8 Å². The van der Waals surface area contributed by atoms with E-state index in [0.29, 0.717) is 12.3 Å². The van der Waals surface area contributed by atoms with Gasteiger partial charge in [-0.1, -0.05) is 117 Å². The highest BCUT2D eigenvalue weighted by Crippen LogP contribution is 2.22. The van der Waals surface area contributed by atoms with Crippen molar-refractivity contribution in [1.29, 1.82) is 0 Å². The molecule has 4 atom stereocenters. The number of ether oxygens (including phenoxy) is 2. The predicted octanol–water partition coefficient (Wildman–Crippen LogP) is 7.15. The number of hydrogen-bond acceptors (Lipinski definition) is 4. The molecule has 1 fully saturated rings. The summed E-state index contributed by atoms with van der Waals surface area (Å²) in [4.78, 5) is 0. The topological polar surface area (TPSA) is 58.9 Å². The number of aliphatic hydroxyl groups is 2. The van der Waals surface area contributed by atoms with E-state index >= 15 is 0 Å². The zero-order valence-electron chi connectivity index (χ0n) is 20.9. The van der Waals surface area contributed by atoms with Crippen molar-refractivity contribution in [1.82, 2.24) is 0 Å². The molecular weight excluding hydrogens is 388 g/mol. The minimum Gasteiger partial charge on any atom is -0.390 e. The van der Waals surface area contributed by atoms with E-state index in [1.807, 2.05) is 0 Å². The molecule has 0 aromatic heterocycles. The third-order valence-corrected chi connectivity index (χ3v) is 6.78. The van der Waals surface area contributed by atoms with Crippen molar-refractivity contribution in [3.05, 3.63) is 0 Å². The fraction of sp³-hybridized carbons (Fsp3) is 1.00. The molecule has 0 saturated carbocycles. The van der Waals surface area contributed by atoms with Gasteiger partial charge in [-0.15, -0.1) is 0 Å². The molecule has 0 spiro atoms. The lowest BCUT2D eigenvalue weighted by molar-refractivity contribution is -0.220. The van der Waals surface area contributed by atoms with Crippen molar-refractivity contribution in [3.63, 3.8) is 0 Å². The predicted molar refractivity (Wildman–Crippen MR) is 130 cm³/mol. The number of unbranched alkanes of at least 4 members (excludes halogenated alkanes) is 14. The zero-order valence-corrected chi connectivity index (χ0v) is 20.9. The molecule has 0 aromatic rings. The molecule has 4 heteroatoms. The highest BCUT2D eigenvalue weighted by Gasteiger charge is 2.29. The smallest absolute Gasteiger partial charge is 0.160 e. The lowest BCUT2D eigenvalue weighted by atomic mass is 9.94. The number of rotatable bonds is 21. The molecular formula is C27H54O4.